The Kier molecular flexibility index (Phi) is 29.5. The zero-order chi connectivity index (χ0) is 74.7. The highest BCUT2D eigenvalue weighted by atomic mass is 17.3. The fourth-order valence-corrected chi connectivity index (χ4v) is 9.40. The van der Waals surface area contributed by atoms with Crippen molar-refractivity contribution < 1.29 is 145 Å². The van der Waals surface area contributed by atoms with E-state index in [-0.39, 0.29) is 33.4 Å². The lowest BCUT2D eigenvalue weighted by atomic mass is 9.74. The molecule has 0 aliphatic heterocycles. The molecule has 0 fully saturated rings. The molecule has 0 amide bonds. The van der Waals surface area contributed by atoms with Gasteiger partial charge in [-0.25, -0.2) is 87.4 Å². The summed E-state index contributed by atoms with van der Waals surface area (Å²) in [4.78, 5) is 216. The number of ether oxygens (including phenoxy) is 6. The Morgan fingerprint density at radius 1 is 0.225 bits per heavy atom. The summed E-state index contributed by atoms with van der Waals surface area (Å²) in [7, 11) is 0. The third-order valence-corrected chi connectivity index (χ3v) is 16.4. The van der Waals surface area contributed by atoms with Crippen molar-refractivity contribution in [3.63, 3.8) is 0 Å². The van der Waals surface area contributed by atoms with Crippen LogP contribution in [-0.4, -0.2) is 112 Å². The van der Waals surface area contributed by atoms with Gasteiger partial charge in [0, 0.05) is 23.7 Å². The molecule has 0 aliphatic carbocycles. The van der Waals surface area contributed by atoms with Crippen LogP contribution in [0.3, 0.4) is 0 Å². The number of aryl methyl sites for hydroxylation is 12. The molecule has 0 aliphatic rings. The lowest BCUT2D eigenvalue weighted by Gasteiger charge is -2.36. The summed E-state index contributed by atoms with van der Waals surface area (Å²) in [5.41, 5.74) is 8.61. The number of benzene rings is 6. The number of carbonyl (C=O) groups excluding carboxylic acids is 12. The summed E-state index contributed by atoms with van der Waals surface area (Å²) in [5.74, 6) is -13.3. The van der Waals surface area contributed by atoms with E-state index >= 15 is 0 Å². The van der Waals surface area contributed by atoms with Crippen LogP contribution in [0.25, 0.3) is 0 Å². The van der Waals surface area contributed by atoms with Crippen molar-refractivity contribution in [2.24, 2.45) is 23.7 Å². The van der Waals surface area contributed by atoms with Gasteiger partial charge in [0.15, 0.2) is 0 Å². The molecule has 6 aromatic rings. The van der Waals surface area contributed by atoms with Crippen LogP contribution in [0.5, 0.6) is 0 Å². The first kappa shape index (κ1) is 78.8. The van der Waals surface area contributed by atoms with Gasteiger partial charge in [-0.3, -0.25) is 0 Å². The summed E-state index contributed by atoms with van der Waals surface area (Å²) in [6, 6.07) is 26.6. The molecule has 102 heavy (non-hydrogen) atoms. The molecule has 0 heterocycles. The smallest absolute Gasteiger partial charge is 0.432 e. The highest BCUT2D eigenvalue weighted by Gasteiger charge is 2.40. The fraction of sp³-hybridized carbons (Fsp3) is 0.333. The van der Waals surface area contributed by atoms with E-state index in [1.807, 2.05) is 0 Å². The van der Waals surface area contributed by atoms with E-state index in [0.29, 0.717) is 33.4 Å². The molecule has 30 heteroatoms. The Balaban J connectivity index is 1.39. The van der Waals surface area contributed by atoms with Crippen LogP contribution in [0, 0.1) is 107 Å². The Morgan fingerprint density at radius 3 is 0.588 bits per heavy atom. The molecule has 0 radical (unpaired) electrons. The first-order valence-corrected chi connectivity index (χ1v) is 31.2. The number of hydrogen-bond acceptors (Lipinski definition) is 30. The maximum absolute atomic E-state index is 13.7. The van der Waals surface area contributed by atoms with E-state index in [4.69, 9.17) is 77.3 Å². The van der Waals surface area contributed by atoms with E-state index in [0.717, 1.165) is 33.4 Å². The van der Waals surface area contributed by atoms with Gasteiger partial charge < -0.3 is 28.4 Å². The second kappa shape index (κ2) is 38.2. The lowest BCUT2D eigenvalue weighted by molar-refractivity contribution is -0.212. The van der Waals surface area contributed by atoms with Gasteiger partial charge >= 0.3 is 72.7 Å². The predicted octanol–water partition coefficient (Wildman–Crippen LogP) is 13.5. The molecule has 4 unspecified atom stereocenters. The zero-order valence-corrected chi connectivity index (χ0v) is 57.6. The Bertz CT molecular complexity index is 3820. The monoisotopic (exact) mass is 1420 g/mol. The van der Waals surface area contributed by atoms with Crippen LogP contribution in [-0.2, 0) is 87.1 Å². The maximum Gasteiger partial charge on any atom is 0.549 e. The molecule has 4 atom stereocenters. The van der Waals surface area contributed by atoms with Gasteiger partial charge in [0.1, 0.15) is 0 Å². The summed E-state index contributed by atoms with van der Waals surface area (Å²) in [6.45, 7) is 15.1. The highest BCUT2D eigenvalue weighted by Crippen LogP contribution is 2.35. The quantitative estimate of drug-likeness (QED) is 0.0249. The number of rotatable bonds is 23. The van der Waals surface area contributed by atoms with Crippen LogP contribution in [0.15, 0.2) is 109 Å². The van der Waals surface area contributed by atoms with Crippen molar-refractivity contribution in [1.29, 1.82) is 0 Å². The molecular weight excluding hydrogens is 1340 g/mol. The van der Waals surface area contributed by atoms with Crippen molar-refractivity contribution >= 4 is 72.7 Å². The normalized spacial score (nSPS) is 11.8. The van der Waals surface area contributed by atoms with Crippen LogP contribution in [0.2, 0.25) is 0 Å². The summed E-state index contributed by atoms with van der Waals surface area (Å²) < 4.78 is 32.6. The lowest BCUT2D eigenvalue weighted by Crippen LogP contribution is -2.41. The molecular formula is C72H74O30. The zero-order valence-electron chi connectivity index (χ0n) is 57.6. The van der Waals surface area contributed by atoms with Crippen molar-refractivity contribution in [2.75, 3.05) is 39.6 Å². The largest absolute Gasteiger partial charge is 0.549 e. The van der Waals surface area contributed by atoms with Crippen molar-refractivity contribution in [3.8, 4) is 0 Å². The van der Waals surface area contributed by atoms with Gasteiger partial charge in [0.05, 0.1) is 73.0 Å². The van der Waals surface area contributed by atoms with E-state index in [9.17, 15) is 57.5 Å². The third-order valence-electron chi connectivity index (χ3n) is 16.4. The van der Waals surface area contributed by atoms with E-state index in [1.165, 1.54) is 72.8 Å². The van der Waals surface area contributed by atoms with Crippen molar-refractivity contribution in [1.82, 2.24) is 0 Å². The average molecular weight is 1420 g/mol. The SMILES string of the molecule is Cc1ccc(C(=O)OOC(=O)OCCC(COC(=O)OOC(=O)c2ccc(C)c(C)c2)C(COC(=O)OOC(=O)c2ccc(C)c(C)c2)C(COC(=O)OOC(=O)c2ccc(C)c(C)c2)C(CCOC(=O)OOC(=O)c2ccc(C)c(C)c2)COC(=O)OOC(=O)c2ccc(C)c(C)c2)cc1C. The number of hydrogen-bond donors (Lipinski definition) is 0. The van der Waals surface area contributed by atoms with Gasteiger partial charge in [-0.2, -0.15) is 28.8 Å². The maximum atomic E-state index is 13.7. The molecule has 0 spiro atoms. The number of carbonyl (C=O) groups is 12. The molecule has 0 saturated carbocycles. The van der Waals surface area contributed by atoms with Crippen molar-refractivity contribution in [3.05, 3.63) is 209 Å². The summed E-state index contributed by atoms with van der Waals surface area (Å²) in [5, 5.41) is 0. The third kappa shape index (κ3) is 24.6. The van der Waals surface area contributed by atoms with Gasteiger partial charge in [0.2, 0.25) is 0 Å². The topological polar surface area (TPSA) is 371 Å². The van der Waals surface area contributed by atoms with E-state index in [2.05, 4.69) is 9.78 Å². The van der Waals surface area contributed by atoms with Crippen LogP contribution in [0.1, 0.15) is 142 Å². The van der Waals surface area contributed by atoms with E-state index in [1.54, 1.807) is 119 Å². The molecule has 6 rings (SSSR count). The minimum Gasteiger partial charge on any atom is -0.432 e. The van der Waals surface area contributed by atoms with Crippen LogP contribution < -0.4 is 0 Å². The minimum absolute atomic E-state index is 0.0169. The fourth-order valence-electron chi connectivity index (χ4n) is 9.40. The van der Waals surface area contributed by atoms with Crippen LogP contribution in [0.4, 0.5) is 28.8 Å². The first-order chi connectivity index (χ1) is 48.5. The Hall–Kier alpha value is -12.2. The molecule has 0 N–H and O–H groups in total. The summed E-state index contributed by atoms with van der Waals surface area (Å²) in [6.07, 6.45) is -11.4. The average Bonchev–Trinajstić information content (AvgIpc) is 0.840. The molecule has 0 aromatic heterocycles. The second-order valence-electron chi connectivity index (χ2n) is 23.4. The second-order valence-corrected chi connectivity index (χ2v) is 23.4. The highest BCUT2D eigenvalue weighted by molar-refractivity contribution is 5.92. The standard InChI is InChI=1S/C72H74O30/c1-39-13-19-51(29-45(39)7)61(73)91-97-67(79)85-27-25-57(35-87-69(81)99-93-63(75)53-21-15-41(3)47(9)31-53)59(37-89-71(83)101-95-65(77)55-23-17-43(5)49(11)33-55)60(38-90-72(84)102-96-66(78)56-24-18-44(6)50(12)34-56)58(36-88-70(82)100-94-64(76)54-22-16-42(4)48(10)32-54)26-28-86-68(80)98-92-62(74)52-20-14-40(2)46(8)30-52/h13-24,29-34,57-60H,25-28,35-38H2,1-12H3. The van der Waals surface area contributed by atoms with Crippen molar-refractivity contribution in [2.45, 2.75) is 95.9 Å². The molecule has 0 saturated heterocycles. The minimum atomic E-state index is -1.75. The van der Waals surface area contributed by atoms with Gasteiger partial charge in [-0.05, 0) is 235 Å². The van der Waals surface area contributed by atoms with Gasteiger partial charge in [-0.15, -0.1) is 0 Å². The first-order valence-electron chi connectivity index (χ1n) is 31.2. The molecule has 542 valence electrons. The van der Waals surface area contributed by atoms with Gasteiger partial charge in [-0.1, -0.05) is 36.4 Å². The Labute approximate surface area is 583 Å². The predicted molar refractivity (Wildman–Crippen MR) is 346 cm³/mol. The molecule has 0 bridgehead atoms. The van der Waals surface area contributed by atoms with Crippen LogP contribution >= 0.6 is 0 Å². The Morgan fingerprint density at radius 2 is 0.402 bits per heavy atom. The van der Waals surface area contributed by atoms with E-state index < -0.39 is 149 Å². The van der Waals surface area contributed by atoms with Gasteiger partial charge in [0.25, 0.3) is 0 Å². The molecule has 6 aromatic carbocycles. The molecule has 30 nitrogen and oxygen atoms in total. The summed E-state index contributed by atoms with van der Waals surface area (Å²) >= 11 is 0.